The molecule has 1 fully saturated rings. The van der Waals surface area contributed by atoms with Gasteiger partial charge in [0.25, 0.3) is 0 Å². The quantitative estimate of drug-likeness (QED) is 0.819. The van der Waals surface area contributed by atoms with Gasteiger partial charge in [0, 0.05) is 38.9 Å². The first kappa shape index (κ1) is 15.7. The molecule has 0 spiro atoms. The van der Waals surface area contributed by atoms with E-state index in [0.717, 1.165) is 31.2 Å². The summed E-state index contributed by atoms with van der Waals surface area (Å²) in [6.45, 7) is 3.27. The molecule has 2 aliphatic rings. The summed E-state index contributed by atoms with van der Waals surface area (Å²) < 4.78 is 15.7. The van der Waals surface area contributed by atoms with Crippen LogP contribution in [0.4, 0.5) is 4.39 Å². The van der Waals surface area contributed by atoms with Crippen molar-refractivity contribution in [3.05, 3.63) is 30.1 Å². The Morgan fingerprint density at radius 2 is 2.27 bits per heavy atom. The highest BCUT2D eigenvalue weighted by Crippen LogP contribution is 2.22. The van der Waals surface area contributed by atoms with Crippen LogP contribution in [0.2, 0.25) is 0 Å². The number of nitrogens with one attached hydrogen (secondary N) is 1. The van der Waals surface area contributed by atoms with E-state index in [-0.39, 0.29) is 0 Å². The summed E-state index contributed by atoms with van der Waals surface area (Å²) in [6, 6.07) is 2.31. The van der Waals surface area contributed by atoms with Crippen LogP contribution in [0.25, 0.3) is 0 Å². The van der Waals surface area contributed by atoms with Gasteiger partial charge in [-0.2, -0.15) is 5.10 Å². The van der Waals surface area contributed by atoms with Crippen LogP contribution in [0.15, 0.2) is 24.4 Å². The van der Waals surface area contributed by atoms with E-state index in [1.807, 2.05) is 24.0 Å². The Kier molecular flexibility index (Phi) is 5.26. The molecule has 1 aliphatic heterocycles. The minimum Gasteiger partial charge on any atom is -0.315 e. The van der Waals surface area contributed by atoms with Crippen molar-refractivity contribution >= 4 is 0 Å². The molecule has 1 aliphatic carbocycles. The molecule has 0 amide bonds. The van der Waals surface area contributed by atoms with Gasteiger partial charge < -0.3 is 5.32 Å². The molecule has 1 saturated heterocycles. The van der Waals surface area contributed by atoms with E-state index in [2.05, 4.69) is 27.5 Å². The molecule has 0 bridgehead atoms. The fourth-order valence-corrected chi connectivity index (χ4v) is 3.59. The molecule has 0 saturated carbocycles. The lowest BCUT2D eigenvalue weighted by Gasteiger charge is -2.25. The second kappa shape index (κ2) is 7.38. The molecule has 122 valence electrons. The zero-order valence-electron chi connectivity index (χ0n) is 13.4. The standard InChI is InChI=1S/C17H27FN4/c1-21-16(7-8-20-21)13-22-12-15(18)9-17(22)11-19-10-14-5-3-2-4-6-14/h2-3,7-8,14-15,17,19H,4-6,9-13H2,1H3/t14-,15+,17+/m1/s1. The summed E-state index contributed by atoms with van der Waals surface area (Å²) in [5.41, 5.74) is 1.15. The van der Waals surface area contributed by atoms with Crippen LogP contribution in [0.3, 0.4) is 0 Å². The third-order valence-electron chi connectivity index (χ3n) is 4.96. The minimum atomic E-state index is -0.697. The smallest absolute Gasteiger partial charge is 0.114 e. The number of hydrogen-bond acceptors (Lipinski definition) is 3. The van der Waals surface area contributed by atoms with Gasteiger partial charge in [0.2, 0.25) is 0 Å². The number of aromatic nitrogens is 2. The third kappa shape index (κ3) is 3.96. The molecule has 3 atom stereocenters. The number of alkyl halides is 1. The lowest BCUT2D eigenvalue weighted by atomic mass is 9.94. The van der Waals surface area contributed by atoms with Gasteiger partial charge in [0.05, 0.1) is 5.69 Å². The van der Waals surface area contributed by atoms with Crippen molar-refractivity contribution in [2.45, 2.75) is 44.4 Å². The Hall–Kier alpha value is -1.20. The fourth-order valence-electron chi connectivity index (χ4n) is 3.59. The van der Waals surface area contributed by atoms with Crippen LogP contribution < -0.4 is 5.32 Å². The number of allylic oxidation sites excluding steroid dienone is 2. The van der Waals surface area contributed by atoms with Crippen LogP contribution >= 0.6 is 0 Å². The van der Waals surface area contributed by atoms with E-state index in [4.69, 9.17) is 0 Å². The number of likely N-dealkylation sites (tertiary alicyclic amines) is 1. The van der Waals surface area contributed by atoms with E-state index < -0.39 is 6.17 Å². The number of nitrogens with zero attached hydrogens (tertiary/aromatic N) is 3. The molecule has 3 rings (SSSR count). The lowest BCUT2D eigenvalue weighted by Crippen LogP contribution is -2.39. The van der Waals surface area contributed by atoms with E-state index in [1.54, 1.807) is 0 Å². The van der Waals surface area contributed by atoms with Crippen molar-refractivity contribution in [3.8, 4) is 0 Å². The Morgan fingerprint density at radius 3 is 3.00 bits per heavy atom. The first-order chi connectivity index (χ1) is 10.7. The van der Waals surface area contributed by atoms with Gasteiger partial charge in [-0.05, 0) is 44.2 Å². The first-order valence-corrected chi connectivity index (χ1v) is 8.43. The molecule has 1 aromatic rings. The predicted octanol–water partition coefficient (Wildman–Crippen LogP) is 2.28. The molecule has 0 unspecified atom stereocenters. The Labute approximate surface area is 132 Å². The van der Waals surface area contributed by atoms with Crippen LogP contribution in [-0.2, 0) is 13.6 Å². The fraction of sp³-hybridized carbons (Fsp3) is 0.706. The van der Waals surface area contributed by atoms with E-state index >= 15 is 0 Å². The maximum absolute atomic E-state index is 13.8. The maximum atomic E-state index is 13.8. The van der Waals surface area contributed by atoms with E-state index in [0.29, 0.717) is 19.0 Å². The van der Waals surface area contributed by atoms with Crippen molar-refractivity contribution < 1.29 is 4.39 Å². The predicted molar refractivity (Wildman–Crippen MR) is 86.3 cm³/mol. The largest absolute Gasteiger partial charge is 0.315 e. The average molecular weight is 306 g/mol. The monoisotopic (exact) mass is 306 g/mol. The summed E-state index contributed by atoms with van der Waals surface area (Å²) in [5, 5.41) is 7.78. The highest BCUT2D eigenvalue weighted by Gasteiger charge is 2.32. The summed E-state index contributed by atoms with van der Waals surface area (Å²) in [6.07, 6.45) is 9.99. The highest BCUT2D eigenvalue weighted by molar-refractivity contribution is 5.02. The zero-order valence-corrected chi connectivity index (χ0v) is 13.4. The van der Waals surface area contributed by atoms with Crippen molar-refractivity contribution in [2.24, 2.45) is 13.0 Å². The van der Waals surface area contributed by atoms with Crippen LogP contribution in [0.5, 0.6) is 0 Å². The normalized spacial score (nSPS) is 29.3. The van der Waals surface area contributed by atoms with Gasteiger partial charge in [-0.3, -0.25) is 9.58 Å². The summed E-state index contributed by atoms with van der Waals surface area (Å²) >= 11 is 0. The molecule has 0 aromatic carbocycles. The van der Waals surface area contributed by atoms with Crippen LogP contribution in [0.1, 0.15) is 31.4 Å². The number of rotatable bonds is 6. The number of aryl methyl sites for hydroxylation is 1. The van der Waals surface area contributed by atoms with Crippen molar-refractivity contribution in [1.82, 2.24) is 20.0 Å². The topological polar surface area (TPSA) is 33.1 Å². The van der Waals surface area contributed by atoms with Gasteiger partial charge >= 0.3 is 0 Å². The zero-order chi connectivity index (χ0) is 15.4. The Bertz CT molecular complexity index is 499. The molecular weight excluding hydrogens is 279 g/mol. The van der Waals surface area contributed by atoms with Crippen molar-refractivity contribution in [2.75, 3.05) is 19.6 Å². The lowest BCUT2D eigenvalue weighted by molar-refractivity contribution is 0.222. The van der Waals surface area contributed by atoms with Crippen molar-refractivity contribution in [1.29, 1.82) is 0 Å². The van der Waals surface area contributed by atoms with Gasteiger partial charge in [-0.1, -0.05) is 12.2 Å². The Balaban J connectivity index is 1.48. The molecule has 1 N–H and O–H groups in total. The second-order valence-corrected chi connectivity index (χ2v) is 6.67. The molecule has 22 heavy (non-hydrogen) atoms. The molecule has 0 radical (unpaired) electrons. The summed E-state index contributed by atoms with van der Waals surface area (Å²) in [5.74, 6) is 0.748. The summed E-state index contributed by atoms with van der Waals surface area (Å²) in [4.78, 5) is 2.26. The highest BCUT2D eigenvalue weighted by atomic mass is 19.1. The van der Waals surface area contributed by atoms with Gasteiger partial charge in [0.15, 0.2) is 0 Å². The van der Waals surface area contributed by atoms with E-state index in [1.165, 1.54) is 19.3 Å². The van der Waals surface area contributed by atoms with Crippen molar-refractivity contribution in [3.63, 3.8) is 0 Å². The molecule has 5 heteroatoms. The average Bonchev–Trinajstić information content (AvgIpc) is 3.07. The molecule has 4 nitrogen and oxygen atoms in total. The number of halogens is 1. The molecular formula is C17H27FN4. The molecule has 2 heterocycles. The van der Waals surface area contributed by atoms with Crippen LogP contribution in [-0.4, -0.2) is 46.5 Å². The van der Waals surface area contributed by atoms with Gasteiger partial charge in [0.1, 0.15) is 6.17 Å². The number of hydrogen-bond donors (Lipinski definition) is 1. The van der Waals surface area contributed by atoms with Gasteiger partial charge in [-0.25, -0.2) is 4.39 Å². The second-order valence-electron chi connectivity index (χ2n) is 6.67. The first-order valence-electron chi connectivity index (χ1n) is 8.43. The maximum Gasteiger partial charge on any atom is 0.114 e. The molecule has 1 aromatic heterocycles. The third-order valence-corrected chi connectivity index (χ3v) is 4.96. The van der Waals surface area contributed by atoms with Gasteiger partial charge in [-0.15, -0.1) is 0 Å². The SMILES string of the molecule is Cn1nccc1CN1C[C@@H](F)C[C@H]1CNC[C@@H]1CC=CCC1. The summed E-state index contributed by atoms with van der Waals surface area (Å²) in [7, 11) is 1.95. The Morgan fingerprint density at radius 1 is 1.36 bits per heavy atom. The van der Waals surface area contributed by atoms with E-state index in [9.17, 15) is 4.39 Å². The minimum absolute atomic E-state index is 0.295. The van der Waals surface area contributed by atoms with Crippen LogP contribution in [0, 0.1) is 5.92 Å².